The molecule has 134 valence electrons. The van der Waals surface area contributed by atoms with Crippen molar-refractivity contribution in [3.05, 3.63) is 45.0 Å². The van der Waals surface area contributed by atoms with Crippen molar-refractivity contribution in [1.29, 1.82) is 0 Å². The Kier molecular flexibility index (Phi) is 5.00. The Bertz CT molecular complexity index is 917. The number of carboxylic acids is 1. The summed E-state index contributed by atoms with van der Waals surface area (Å²) in [7, 11) is -4.06. The van der Waals surface area contributed by atoms with E-state index in [9.17, 15) is 13.2 Å². The minimum atomic E-state index is -4.06. The minimum absolute atomic E-state index is 0.0333. The second-order valence-corrected chi connectivity index (χ2v) is 8.49. The van der Waals surface area contributed by atoms with Crippen molar-refractivity contribution in [1.82, 2.24) is 9.29 Å². The van der Waals surface area contributed by atoms with Gasteiger partial charge in [-0.2, -0.15) is 4.31 Å². The van der Waals surface area contributed by atoms with Crippen LogP contribution in [0.1, 0.15) is 29.2 Å². The van der Waals surface area contributed by atoms with Crippen LogP contribution in [0, 0.1) is 0 Å². The van der Waals surface area contributed by atoms with Crippen LogP contribution in [0.4, 0.5) is 0 Å². The first-order chi connectivity index (χ1) is 11.7. The van der Waals surface area contributed by atoms with E-state index in [2.05, 4.69) is 4.98 Å². The van der Waals surface area contributed by atoms with Gasteiger partial charge in [-0.25, -0.2) is 18.2 Å². The predicted octanol–water partition coefficient (Wildman–Crippen LogP) is 3.69. The molecule has 1 aromatic heterocycles. The van der Waals surface area contributed by atoms with Gasteiger partial charge in [-0.3, -0.25) is 0 Å². The van der Waals surface area contributed by atoms with Crippen LogP contribution >= 0.6 is 34.8 Å². The molecule has 1 saturated carbocycles. The Hall–Kier alpha value is -1.32. The number of aromatic nitrogens is 1. The van der Waals surface area contributed by atoms with Crippen LogP contribution in [0.3, 0.4) is 0 Å². The van der Waals surface area contributed by atoms with Gasteiger partial charge in [0.15, 0.2) is 5.69 Å². The summed E-state index contributed by atoms with van der Waals surface area (Å²) in [6.45, 7) is -0.227. The quantitative estimate of drug-likeness (QED) is 0.757. The number of hydrogen-bond acceptors (Lipinski definition) is 5. The standard InChI is InChI=1S/C14H11Cl3N2O5S/c15-7-3-9(16)13(10(17)4-7)25(22,23)19(8-1-2-8)5-12-18-11(6-24-12)14(20)21/h3-4,6,8H,1-2,5H2,(H,20,21). The second-order valence-electron chi connectivity index (χ2n) is 5.41. The highest BCUT2D eigenvalue weighted by molar-refractivity contribution is 7.89. The van der Waals surface area contributed by atoms with Gasteiger partial charge in [0, 0.05) is 11.1 Å². The number of oxazole rings is 1. The molecule has 1 N–H and O–H groups in total. The topological polar surface area (TPSA) is 101 Å². The van der Waals surface area contributed by atoms with Gasteiger partial charge in [-0.15, -0.1) is 0 Å². The summed E-state index contributed by atoms with van der Waals surface area (Å²) in [6, 6.07) is 2.33. The van der Waals surface area contributed by atoms with E-state index in [1.165, 1.54) is 12.1 Å². The molecule has 1 heterocycles. The Morgan fingerprint density at radius 3 is 2.36 bits per heavy atom. The molecule has 0 bridgehead atoms. The number of rotatable bonds is 6. The summed E-state index contributed by atoms with van der Waals surface area (Å²) in [4.78, 5) is 14.4. The molecule has 0 amide bonds. The Morgan fingerprint density at radius 2 is 1.88 bits per heavy atom. The molecule has 2 aromatic rings. The lowest BCUT2D eigenvalue weighted by atomic mass is 10.4. The molecular formula is C14H11Cl3N2O5S. The third-order valence-corrected chi connectivity index (χ3v) is 6.58. The van der Waals surface area contributed by atoms with Gasteiger partial charge in [0.2, 0.25) is 15.9 Å². The van der Waals surface area contributed by atoms with E-state index in [1.54, 1.807) is 0 Å². The van der Waals surface area contributed by atoms with Gasteiger partial charge in [0.1, 0.15) is 11.2 Å². The molecule has 7 nitrogen and oxygen atoms in total. The van der Waals surface area contributed by atoms with Crippen molar-refractivity contribution in [3.63, 3.8) is 0 Å². The van der Waals surface area contributed by atoms with Gasteiger partial charge in [-0.05, 0) is 25.0 Å². The molecule has 0 saturated heterocycles. The van der Waals surface area contributed by atoms with E-state index in [-0.39, 0.29) is 44.1 Å². The number of nitrogens with zero attached hydrogens (tertiary/aromatic N) is 2. The first kappa shape index (κ1) is 18.5. The number of benzene rings is 1. The molecule has 3 rings (SSSR count). The molecule has 0 unspecified atom stereocenters. The lowest BCUT2D eigenvalue weighted by Crippen LogP contribution is -2.33. The molecule has 0 radical (unpaired) electrons. The summed E-state index contributed by atoms with van der Waals surface area (Å²) in [5.74, 6) is -1.30. The maximum atomic E-state index is 13.0. The normalized spacial score (nSPS) is 14.9. The van der Waals surface area contributed by atoms with Crippen molar-refractivity contribution in [2.75, 3.05) is 0 Å². The van der Waals surface area contributed by atoms with Crippen molar-refractivity contribution in [2.45, 2.75) is 30.3 Å². The van der Waals surface area contributed by atoms with Crippen molar-refractivity contribution >= 4 is 50.8 Å². The van der Waals surface area contributed by atoms with Gasteiger partial charge >= 0.3 is 5.97 Å². The fourth-order valence-electron chi connectivity index (χ4n) is 2.28. The van der Waals surface area contributed by atoms with E-state index in [0.717, 1.165) is 10.6 Å². The summed E-state index contributed by atoms with van der Waals surface area (Å²) in [5, 5.41) is 8.91. The highest BCUT2D eigenvalue weighted by atomic mass is 35.5. The number of carbonyl (C=O) groups is 1. The number of hydrogen-bond donors (Lipinski definition) is 1. The van der Waals surface area contributed by atoms with Gasteiger partial charge < -0.3 is 9.52 Å². The Morgan fingerprint density at radius 1 is 1.28 bits per heavy atom. The van der Waals surface area contributed by atoms with Crippen LogP contribution in [0.5, 0.6) is 0 Å². The third-order valence-electron chi connectivity index (χ3n) is 3.55. The number of carboxylic acid groups (broad SMARTS) is 1. The molecule has 1 aromatic carbocycles. The van der Waals surface area contributed by atoms with Crippen molar-refractivity contribution < 1.29 is 22.7 Å². The van der Waals surface area contributed by atoms with Crippen molar-refractivity contribution in [2.24, 2.45) is 0 Å². The molecule has 0 atom stereocenters. The van der Waals surface area contributed by atoms with E-state index in [4.69, 9.17) is 44.3 Å². The number of halogens is 3. The summed E-state index contributed by atoms with van der Waals surface area (Å²) in [5.41, 5.74) is -0.300. The van der Waals surface area contributed by atoms with Crippen LogP contribution in [0.2, 0.25) is 15.1 Å². The number of sulfonamides is 1. The minimum Gasteiger partial charge on any atom is -0.476 e. The molecule has 1 aliphatic rings. The lowest BCUT2D eigenvalue weighted by molar-refractivity contribution is 0.0690. The van der Waals surface area contributed by atoms with Crippen LogP contribution in [0.15, 0.2) is 27.7 Å². The largest absolute Gasteiger partial charge is 0.476 e. The van der Waals surface area contributed by atoms with Gasteiger partial charge in [-0.1, -0.05) is 34.8 Å². The smallest absolute Gasteiger partial charge is 0.357 e. The van der Waals surface area contributed by atoms with Crippen molar-refractivity contribution in [3.8, 4) is 0 Å². The maximum absolute atomic E-state index is 13.0. The predicted molar refractivity (Wildman–Crippen MR) is 90.7 cm³/mol. The van der Waals surface area contributed by atoms with E-state index in [0.29, 0.717) is 12.8 Å². The zero-order valence-electron chi connectivity index (χ0n) is 12.4. The zero-order chi connectivity index (χ0) is 18.4. The van der Waals surface area contributed by atoms with Gasteiger partial charge in [0.05, 0.1) is 16.6 Å². The molecule has 0 spiro atoms. The first-order valence-electron chi connectivity index (χ1n) is 7.04. The van der Waals surface area contributed by atoms with Gasteiger partial charge in [0.25, 0.3) is 0 Å². The molecule has 1 fully saturated rings. The summed E-state index contributed by atoms with van der Waals surface area (Å²) >= 11 is 17.9. The van der Waals surface area contributed by atoms with Crippen LogP contribution in [-0.4, -0.2) is 34.8 Å². The van der Waals surface area contributed by atoms with Crippen LogP contribution < -0.4 is 0 Å². The number of aromatic carboxylic acids is 1. The SMILES string of the molecule is O=C(O)c1coc(CN(C2CC2)S(=O)(=O)c2c(Cl)cc(Cl)cc2Cl)n1. The highest BCUT2D eigenvalue weighted by Crippen LogP contribution is 2.39. The van der Waals surface area contributed by atoms with E-state index in [1.807, 2.05) is 0 Å². The van der Waals surface area contributed by atoms with Crippen LogP contribution in [-0.2, 0) is 16.6 Å². The lowest BCUT2D eigenvalue weighted by Gasteiger charge is -2.21. The summed E-state index contributed by atoms with van der Waals surface area (Å²) < 4.78 is 32.3. The second kappa shape index (κ2) is 6.77. The average Bonchev–Trinajstić information content (AvgIpc) is 3.20. The fourth-order valence-corrected chi connectivity index (χ4v) is 5.41. The molecule has 11 heteroatoms. The highest BCUT2D eigenvalue weighted by Gasteiger charge is 2.41. The monoisotopic (exact) mass is 424 g/mol. The zero-order valence-corrected chi connectivity index (χ0v) is 15.5. The average molecular weight is 426 g/mol. The Labute approximate surface area is 158 Å². The van der Waals surface area contributed by atoms with E-state index >= 15 is 0 Å². The molecule has 25 heavy (non-hydrogen) atoms. The summed E-state index contributed by atoms with van der Waals surface area (Å²) in [6.07, 6.45) is 2.28. The van der Waals surface area contributed by atoms with Crippen LogP contribution in [0.25, 0.3) is 0 Å². The fraction of sp³-hybridized carbons (Fsp3) is 0.286. The maximum Gasteiger partial charge on any atom is 0.357 e. The molecule has 0 aliphatic heterocycles. The Balaban J connectivity index is 1.98. The first-order valence-corrected chi connectivity index (χ1v) is 9.61. The molecule has 1 aliphatic carbocycles. The van der Waals surface area contributed by atoms with E-state index < -0.39 is 16.0 Å². The third kappa shape index (κ3) is 3.78. The molecular weight excluding hydrogens is 415 g/mol.